The molecule has 0 aliphatic carbocycles. The first kappa shape index (κ1) is 16.1. The lowest BCUT2D eigenvalue weighted by atomic mass is 10.2. The number of hydrogen-bond donors (Lipinski definition) is 3. The van der Waals surface area contributed by atoms with Crippen LogP contribution in [0, 0.1) is 0 Å². The summed E-state index contributed by atoms with van der Waals surface area (Å²) in [4.78, 5) is 17.2. The zero-order valence-electron chi connectivity index (χ0n) is 12.4. The molecule has 0 radical (unpaired) electrons. The first-order valence-corrected chi connectivity index (χ1v) is 8.07. The minimum absolute atomic E-state index is 0.397. The molecule has 8 heteroatoms. The number of rotatable bonds is 3. The largest absolute Gasteiger partial charge is 0.367 e. The van der Waals surface area contributed by atoms with Crippen LogP contribution in [0.4, 0.5) is 11.4 Å². The standard InChI is InChI=1S/C15H17Cl2N5O/c16-11-1-2-12(13(9-11)22-7-5-18-6-8-22)21-14(23)15(17)10-19-3-4-20-15/h1-4,9-10,18,20H,5-8H2,(H,21,23). The molecular weight excluding hydrogens is 337 g/mol. The molecule has 2 aliphatic rings. The van der Waals surface area contributed by atoms with E-state index < -0.39 is 10.9 Å². The van der Waals surface area contributed by atoms with Gasteiger partial charge in [0, 0.05) is 43.6 Å². The molecule has 0 bridgehead atoms. The zero-order chi connectivity index (χ0) is 16.3. The fourth-order valence-corrected chi connectivity index (χ4v) is 2.83. The van der Waals surface area contributed by atoms with E-state index >= 15 is 0 Å². The van der Waals surface area contributed by atoms with Crippen LogP contribution >= 0.6 is 23.2 Å². The number of nitrogens with one attached hydrogen (secondary N) is 3. The van der Waals surface area contributed by atoms with Crippen LogP contribution in [-0.2, 0) is 4.79 Å². The molecule has 1 saturated heterocycles. The maximum absolute atomic E-state index is 12.5. The van der Waals surface area contributed by atoms with Crippen LogP contribution in [0.1, 0.15) is 0 Å². The molecule has 2 aliphatic heterocycles. The second-order valence-electron chi connectivity index (χ2n) is 5.30. The van der Waals surface area contributed by atoms with Gasteiger partial charge >= 0.3 is 0 Å². The van der Waals surface area contributed by atoms with Crippen LogP contribution in [0.15, 0.2) is 35.6 Å². The number of piperazine rings is 1. The third-order valence-electron chi connectivity index (χ3n) is 3.70. The lowest BCUT2D eigenvalue weighted by Gasteiger charge is -2.32. The first-order valence-electron chi connectivity index (χ1n) is 7.31. The molecule has 1 amide bonds. The molecule has 0 aromatic heterocycles. The van der Waals surface area contributed by atoms with Gasteiger partial charge in [0.15, 0.2) is 0 Å². The average molecular weight is 354 g/mol. The Morgan fingerprint density at radius 3 is 2.83 bits per heavy atom. The second-order valence-corrected chi connectivity index (χ2v) is 6.34. The van der Waals surface area contributed by atoms with Gasteiger partial charge in [-0.05, 0) is 18.2 Å². The maximum atomic E-state index is 12.5. The number of benzene rings is 1. The average Bonchev–Trinajstić information content (AvgIpc) is 2.58. The lowest BCUT2D eigenvalue weighted by Crippen LogP contribution is -2.50. The smallest absolute Gasteiger partial charge is 0.271 e. The summed E-state index contributed by atoms with van der Waals surface area (Å²) in [6.07, 6.45) is 4.43. The quantitative estimate of drug-likeness (QED) is 0.572. The Labute approximate surface area is 144 Å². The van der Waals surface area contributed by atoms with Gasteiger partial charge in [-0.25, -0.2) is 0 Å². The summed E-state index contributed by atoms with van der Waals surface area (Å²) in [6.45, 7) is 3.46. The van der Waals surface area contributed by atoms with E-state index in [0.29, 0.717) is 10.7 Å². The summed E-state index contributed by atoms with van der Waals surface area (Å²) in [5.41, 5.74) is 1.56. The molecule has 1 aromatic carbocycles. The molecule has 122 valence electrons. The van der Waals surface area contributed by atoms with Crippen LogP contribution in [0.2, 0.25) is 5.02 Å². The number of halogens is 2. The van der Waals surface area contributed by atoms with E-state index in [1.165, 1.54) is 18.6 Å². The minimum Gasteiger partial charge on any atom is -0.367 e. The summed E-state index contributed by atoms with van der Waals surface area (Å²) in [5, 5.41) is 9.59. The van der Waals surface area contributed by atoms with Crippen LogP contribution in [-0.4, -0.2) is 43.3 Å². The Balaban J connectivity index is 1.83. The summed E-state index contributed by atoms with van der Waals surface area (Å²) in [7, 11) is 0. The molecule has 1 unspecified atom stereocenters. The third-order valence-corrected chi connectivity index (χ3v) is 4.32. The number of aliphatic imine (C=N–C) groups is 1. The van der Waals surface area contributed by atoms with Crippen molar-refractivity contribution in [3.8, 4) is 0 Å². The molecule has 0 saturated carbocycles. The highest BCUT2D eigenvalue weighted by Gasteiger charge is 2.35. The van der Waals surface area contributed by atoms with Crippen LogP contribution in [0.5, 0.6) is 0 Å². The monoisotopic (exact) mass is 353 g/mol. The minimum atomic E-state index is -1.39. The molecule has 6 nitrogen and oxygen atoms in total. The van der Waals surface area contributed by atoms with Gasteiger partial charge in [0.2, 0.25) is 5.00 Å². The summed E-state index contributed by atoms with van der Waals surface area (Å²) in [5.74, 6) is -0.397. The number of carbonyl (C=O) groups excluding carboxylic acids is 1. The second kappa shape index (κ2) is 6.78. The fraction of sp³-hybridized carbons (Fsp3) is 0.333. The van der Waals surface area contributed by atoms with E-state index in [2.05, 4.69) is 25.8 Å². The van der Waals surface area contributed by atoms with Crippen molar-refractivity contribution in [2.45, 2.75) is 5.00 Å². The number of anilines is 2. The van der Waals surface area contributed by atoms with E-state index in [-0.39, 0.29) is 0 Å². The maximum Gasteiger partial charge on any atom is 0.271 e. The number of nitrogens with zero attached hydrogens (tertiary/aromatic N) is 2. The van der Waals surface area contributed by atoms with E-state index in [0.717, 1.165) is 31.9 Å². The Morgan fingerprint density at radius 1 is 1.35 bits per heavy atom. The zero-order valence-corrected chi connectivity index (χ0v) is 13.9. The van der Waals surface area contributed by atoms with Gasteiger partial charge < -0.3 is 20.9 Å². The predicted molar refractivity (Wildman–Crippen MR) is 94.5 cm³/mol. The molecule has 0 spiro atoms. The van der Waals surface area contributed by atoms with Gasteiger partial charge in [0.1, 0.15) is 0 Å². The first-order chi connectivity index (χ1) is 11.1. The van der Waals surface area contributed by atoms with Crippen molar-refractivity contribution in [2.24, 2.45) is 4.99 Å². The normalized spacial score (nSPS) is 23.5. The molecule has 2 heterocycles. The number of hydrogen-bond acceptors (Lipinski definition) is 5. The van der Waals surface area contributed by atoms with Gasteiger partial charge in [-0.15, -0.1) is 0 Å². The number of amides is 1. The molecule has 3 N–H and O–H groups in total. The van der Waals surface area contributed by atoms with Crippen LogP contribution < -0.4 is 20.9 Å². The van der Waals surface area contributed by atoms with E-state index in [1.54, 1.807) is 12.1 Å². The number of carbonyl (C=O) groups is 1. The summed E-state index contributed by atoms with van der Waals surface area (Å²) >= 11 is 12.4. The van der Waals surface area contributed by atoms with E-state index in [4.69, 9.17) is 23.2 Å². The Bertz CT molecular complexity index is 657. The molecule has 1 atom stereocenters. The molecule has 1 fully saturated rings. The fourth-order valence-electron chi connectivity index (χ4n) is 2.50. The SMILES string of the molecule is O=C(Nc1ccc(Cl)cc1N1CCNCC1)C1(Cl)C=NC=CN1. The van der Waals surface area contributed by atoms with Gasteiger partial charge in [-0.2, -0.15) is 0 Å². The van der Waals surface area contributed by atoms with Crippen molar-refractivity contribution in [2.75, 3.05) is 36.4 Å². The van der Waals surface area contributed by atoms with Crippen molar-refractivity contribution in [3.05, 3.63) is 35.6 Å². The third kappa shape index (κ3) is 3.60. The number of alkyl halides is 1. The van der Waals surface area contributed by atoms with Crippen molar-refractivity contribution in [1.29, 1.82) is 0 Å². The summed E-state index contributed by atoms with van der Waals surface area (Å²) in [6, 6.07) is 5.38. The Kier molecular flexibility index (Phi) is 4.75. The van der Waals surface area contributed by atoms with Gasteiger partial charge in [0.05, 0.1) is 17.6 Å². The molecule has 1 aromatic rings. The molecule has 3 rings (SSSR count). The van der Waals surface area contributed by atoms with E-state index in [9.17, 15) is 4.79 Å². The Hall–Kier alpha value is -1.76. The summed E-state index contributed by atoms with van der Waals surface area (Å²) < 4.78 is 0. The Morgan fingerprint density at radius 2 is 2.13 bits per heavy atom. The molecular formula is C15H17Cl2N5O. The highest BCUT2D eigenvalue weighted by molar-refractivity contribution is 6.45. The highest BCUT2D eigenvalue weighted by Crippen LogP contribution is 2.30. The van der Waals surface area contributed by atoms with Crippen molar-refractivity contribution < 1.29 is 4.79 Å². The van der Waals surface area contributed by atoms with Crippen LogP contribution in [0.25, 0.3) is 0 Å². The topological polar surface area (TPSA) is 68.8 Å². The molecule has 23 heavy (non-hydrogen) atoms. The van der Waals surface area contributed by atoms with Gasteiger partial charge in [0.25, 0.3) is 5.91 Å². The lowest BCUT2D eigenvalue weighted by molar-refractivity contribution is -0.117. The van der Waals surface area contributed by atoms with E-state index in [1.807, 2.05) is 6.07 Å². The van der Waals surface area contributed by atoms with Crippen molar-refractivity contribution in [3.63, 3.8) is 0 Å². The van der Waals surface area contributed by atoms with Crippen LogP contribution in [0.3, 0.4) is 0 Å². The highest BCUT2D eigenvalue weighted by atomic mass is 35.5. The van der Waals surface area contributed by atoms with Crippen molar-refractivity contribution >= 4 is 46.7 Å². The van der Waals surface area contributed by atoms with Crippen molar-refractivity contribution in [1.82, 2.24) is 10.6 Å². The van der Waals surface area contributed by atoms with Gasteiger partial charge in [-0.1, -0.05) is 23.2 Å². The predicted octanol–water partition coefficient (Wildman–Crippen LogP) is 1.77. The van der Waals surface area contributed by atoms with Gasteiger partial charge in [-0.3, -0.25) is 9.79 Å².